The van der Waals surface area contributed by atoms with Crippen molar-refractivity contribution in [1.29, 1.82) is 0 Å². The molecular weight excluding hydrogens is 112 g/mol. The molecule has 1 saturated carbocycles. The van der Waals surface area contributed by atoms with Crippen molar-refractivity contribution in [1.82, 2.24) is 0 Å². The van der Waals surface area contributed by atoms with Crippen molar-refractivity contribution in [2.75, 3.05) is 0 Å². The molecule has 0 radical (unpaired) electrons. The van der Waals surface area contributed by atoms with Crippen molar-refractivity contribution >= 4 is 6.29 Å². The highest BCUT2D eigenvalue weighted by Crippen LogP contribution is 2.51. The molecule has 2 rings (SSSR count). The third-order valence-electron chi connectivity index (χ3n) is 2.54. The molecule has 0 aromatic carbocycles. The van der Waals surface area contributed by atoms with Crippen LogP contribution in [0, 0.1) is 17.8 Å². The number of fused-ring (bicyclic) bond motifs is 1. The first-order valence-corrected chi connectivity index (χ1v) is 3.54. The van der Waals surface area contributed by atoms with E-state index in [0.29, 0.717) is 5.92 Å². The summed E-state index contributed by atoms with van der Waals surface area (Å²) in [6.45, 7) is 0. The monoisotopic (exact) mass is 122 g/mol. The molecule has 0 aromatic rings. The molecule has 48 valence electrons. The normalized spacial score (nSPS) is 46.0. The lowest BCUT2D eigenvalue weighted by molar-refractivity contribution is -0.109. The van der Waals surface area contributed by atoms with Gasteiger partial charge in [-0.1, -0.05) is 12.2 Å². The second kappa shape index (κ2) is 1.69. The van der Waals surface area contributed by atoms with Crippen LogP contribution in [0.5, 0.6) is 0 Å². The number of rotatable bonds is 1. The number of carbonyl (C=O) groups excluding carboxylic acids is 1. The van der Waals surface area contributed by atoms with E-state index in [4.69, 9.17) is 0 Å². The molecular formula is C8H10O. The number of aldehydes is 1. The van der Waals surface area contributed by atoms with Gasteiger partial charge in [0, 0.05) is 5.92 Å². The SMILES string of the molecule is O=CC1[C@H]2CC=CC[C@@H]12. The van der Waals surface area contributed by atoms with Gasteiger partial charge in [-0.05, 0) is 24.7 Å². The maximum absolute atomic E-state index is 10.3. The Kier molecular flexibility index (Phi) is 0.981. The Morgan fingerprint density at radius 3 is 2.22 bits per heavy atom. The van der Waals surface area contributed by atoms with Gasteiger partial charge in [0.15, 0.2) is 0 Å². The van der Waals surface area contributed by atoms with Gasteiger partial charge in [0.1, 0.15) is 6.29 Å². The Bertz CT molecular complexity index is 146. The summed E-state index contributed by atoms with van der Waals surface area (Å²) in [5.41, 5.74) is 0. The van der Waals surface area contributed by atoms with E-state index >= 15 is 0 Å². The molecule has 0 aliphatic heterocycles. The Morgan fingerprint density at radius 1 is 1.22 bits per heavy atom. The van der Waals surface area contributed by atoms with Crippen molar-refractivity contribution < 1.29 is 4.79 Å². The van der Waals surface area contributed by atoms with Gasteiger partial charge in [-0.25, -0.2) is 0 Å². The van der Waals surface area contributed by atoms with Crippen LogP contribution in [0.2, 0.25) is 0 Å². The molecule has 1 nitrogen and oxygen atoms in total. The summed E-state index contributed by atoms with van der Waals surface area (Å²) in [5.74, 6) is 1.88. The summed E-state index contributed by atoms with van der Waals surface area (Å²) in [4.78, 5) is 10.3. The number of hydrogen-bond acceptors (Lipinski definition) is 1. The molecule has 0 heterocycles. The molecule has 1 unspecified atom stereocenters. The minimum atomic E-state index is 0.417. The molecule has 1 fully saturated rings. The predicted molar refractivity (Wildman–Crippen MR) is 34.9 cm³/mol. The van der Waals surface area contributed by atoms with Gasteiger partial charge in [-0.2, -0.15) is 0 Å². The minimum Gasteiger partial charge on any atom is -0.303 e. The summed E-state index contributed by atoms with van der Waals surface area (Å²) in [6.07, 6.45) is 7.82. The van der Waals surface area contributed by atoms with Gasteiger partial charge in [0.25, 0.3) is 0 Å². The fraction of sp³-hybridized carbons (Fsp3) is 0.625. The maximum Gasteiger partial charge on any atom is 0.123 e. The minimum absolute atomic E-state index is 0.417. The zero-order chi connectivity index (χ0) is 6.27. The molecule has 2 aliphatic carbocycles. The molecule has 3 atom stereocenters. The summed E-state index contributed by atoms with van der Waals surface area (Å²) >= 11 is 0. The smallest absolute Gasteiger partial charge is 0.123 e. The van der Waals surface area contributed by atoms with E-state index in [1.807, 2.05) is 0 Å². The van der Waals surface area contributed by atoms with E-state index in [1.54, 1.807) is 0 Å². The van der Waals surface area contributed by atoms with Crippen LogP contribution >= 0.6 is 0 Å². The molecule has 2 aliphatic rings. The highest BCUT2D eigenvalue weighted by atomic mass is 16.1. The standard InChI is InChI=1S/C8H10O/c9-5-8-6-3-1-2-4-7(6)8/h1-2,5-8H,3-4H2/t6-,7+,8?. The third kappa shape index (κ3) is 0.640. The van der Waals surface area contributed by atoms with Crippen LogP contribution in [0.1, 0.15) is 12.8 Å². The van der Waals surface area contributed by atoms with Crippen LogP contribution < -0.4 is 0 Å². The number of carbonyl (C=O) groups is 1. The van der Waals surface area contributed by atoms with Gasteiger partial charge < -0.3 is 4.79 Å². The second-order valence-electron chi connectivity index (χ2n) is 2.98. The third-order valence-corrected chi connectivity index (χ3v) is 2.54. The summed E-state index contributed by atoms with van der Waals surface area (Å²) in [7, 11) is 0. The van der Waals surface area contributed by atoms with E-state index in [1.165, 1.54) is 0 Å². The zero-order valence-electron chi connectivity index (χ0n) is 5.29. The average molecular weight is 122 g/mol. The summed E-state index contributed by atoms with van der Waals surface area (Å²) < 4.78 is 0. The first-order chi connectivity index (χ1) is 4.43. The highest BCUT2D eigenvalue weighted by Gasteiger charge is 2.48. The largest absolute Gasteiger partial charge is 0.303 e. The summed E-state index contributed by atoms with van der Waals surface area (Å²) in [5, 5.41) is 0. The maximum atomic E-state index is 10.3. The molecule has 9 heavy (non-hydrogen) atoms. The second-order valence-corrected chi connectivity index (χ2v) is 2.98. The zero-order valence-corrected chi connectivity index (χ0v) is 5.29. The van der Waals surface area contributed by atoms with E-state index in [0.717, 1.165) is 31.0 Å². The van der Waals surface area contributed by atoms with E-state index < -0.39 is 0 Å². The molecule has 0 spiro atoms. The van der Waals surface area contributed by atoms with Crippen LogP contribution in [0.15, 0.2) is 12.2 Å². The van der Waals surface area contributed by atoms with E-state index in [-0.39, 0.29) is 0 Å². The van der Waals surface area contributed by atoms with Crippen LogP contribution in [-0.4, -0.2) is 6.29 Å². The van der Waals surface area contributed by atoms with Crippen LogP contribution in [0.25, 0.3) is 0 Å². The first kappa shape index (κ1) is 5.21. The van der Waals surface area contributed by atoms with Gasteiger partial charge in [-0.15, -0.1) is 0 Å². The number of hydrogen-bond donors (Lipinski definition) is 0. The average Bonchev–Trinajstić information content (AvgIpc) is 2.60. The molecule has 1 heteroatoms. The van der Waals surface area contributed by atoms with Gasteiger partial charge in [0.05, 0.1) is 0 Å². The van der Waals surface area contributed by atoms with Crippen molar-refractivity contribution in [3.8, 4) is 0 Å². The Balaban J connectivity index is 2.05. The summed E-state index contributed by atoms with van der Waals surface area (Å²) in [6, 6.07) is 0. The quantitative estimate of drug-likeness (QED) is 0.379. The van der Waals surface area contributed by atoms with Crippen molar-refractivity contribution in [3.05, 3.63) is 12.2 Å². The predicted octanol–water partition coefficient (Wildman–Crippen LogP) is 1.40. The molecule has 0 aromatic heterocycles. The van der Waals surface area contributed by atoms with Crippen molar-refractivity contribution in [3.63, 3.8) is 0 Å². The highest BCUT2D eigenvalue weighted by molar-refractivity contribution is 5.60. The van der Waals surface area contributed by atoms with Crippen LogP contribution in [0.3, 0.4) is 0 Å². The topological polar surface area (TPSA) is 17.1 Å². The Hall–Kier alpha value is -0.590. The van der Waals surface area contributed by atoms with Crippen molar-refractivity contribution in [2.24, 2.45) is 17.8 Å². The van der Waals surface area contributed by atoms with E-state index in [2.05, 4.69) is 12.2 Å². The fourth-order valence-corrected chi connectivity index (χ4v) is 1.85. The first-order valence-electron chi connectivity index (χ1n) is 3.54. The molecule has 0 bridgehead atoms. The lowest BCUT2D eigenvalue weighted by Crippen LogP contribution is -1.83. The van der Waals surface area contributed by atoms with Gasteiger partial charge >= 0.3 is 0 Å². The Morgan fingerprint density at radius 2 is 1.78 bits per heavy atom. The van der Waals surface area contributed by atoms with Gasteiger partial charge in [0.2, 0.25) is 0 Å². The lowest BCUT2D eigenvalue weighted by atomic mass is 10.1. The number of allylic oxidation sites excluding steroid dienone is 2. The van der Waals surface area contributed by atoms with Crippen molar-refractivity contribution in [2.45, 2.75) is 12.8 Å². The molecule has 0 N–H and O–H groups in total. The van der Waals surface area contributed by atoms with Crippen LogP contribution in [0.4, 0.5) is 0 Å². The molecule has 0 amide bonds. The molecule has 0 saturated heterocycles. The fourth-order valence-electron chi connectivity index (χ4n) is 1.85. The van der Waals surface area contributed by atoms with Crippen LogP contribution in [-0.2, 0) is 4.79 Å². The van der Waals surface area contributed by atoms with E-state index in [9.17, 15) is 4.79 Å². The Labute approximate surface area is 54.8 Å². The van der Waals surface area contributed by atoms with Gasteiger partial charge in [-0.3, -0.25) is 0 Å². The lowest BCUT2D eigenvalue weighted by Gasteiger charge is -1.96.